The second-order valence-electron chi connectivity index (χ2n) is 8.24. The first-order chi connectivity index (χ1) is 14.2. The van der Waals surface area contributed by atoms with Crippen molar-refractivity contribution in [1.29, 1.82) is 0 Å². The molecule has 1 aliphatic carbocycles. The Hall–Kier alpha value is -2.30. The van der Waals surface area contributed by atoms with Gasteiger partial charge in [0.1, 0.15) is 0 Å². The molecule has 1 N–H and O–H groups in total. The van der Waals surface area contributed by atoms with E-state index in [1.807, 2.05) is 12.1 Å². The van der Waals surface area contributed by atoms with Crippen LogP contribution in [0.2, 0.25) is 5.02 Å². The molecule has 1 aromatic heterocycles. The molecule has 2 aliphatic rings. The van der Waals surface area contributed by atoms with Gasteiger partial charge in [0, 0.05) is 59.9 Å². The van der Waals surface area contributed by atoms with E-state index in [2.05, 4.69) is 45.1 Å². The minimum Gasteiger partial charge on any atom is -0.369 e. The first-order valence-corrected chi connectivity index (χ1v) is 10.9. The number of aromatic amines is 1. The van der Waals surface area contributed by atoms with Crippen molar-refractivity contribution in [2.75, 3.05) is 31.1 Å². The maximum atomic E-state index is 12.5. The van der Waals surface area contributed by atoms with Gasteiger partial charge < -0.3 is 9.88 Å². The Morgan fingerprint density at radius 2 is 1.62 bits per heavy atom. The monoisotopic (exact) mass is 407 g/mol. The van der Waals surface area contributed by atoms with Gasteiger partial charge in [-0.2, -0.15) is 0 Å². The predicted molar refractivity (Wildman–Crippen MR) is 120 cm³/mol. The maximum absolute atomic E-state index is 12.5. The van der Waals surface area contributed by atoms with Crippen molar-refractivity contribution in [3.05, 3.63) is 74.5 Å². The number of piperazine rings is 1. The van der Waals surface area contributed by atoms with Crippen molar-refractivity contribution < 1.29 is 0 Å². The molecular weight excluding hydrogens is 382 g/mol. The van der Waals surface area contributed by atoms with E-state index in [1.54, 1.807) is 0 Å². The third kappa shape index (κ3) is 3.79. The minimum atomic E-state index is 0.112. The smallest absolute Gasteiger partial charge is 0.251 e. The number of benzene rings is 2. The summed E-state index contributed by atoms with van der Waals surface area (Å²) >= 11 is 6.01. The molecule has 3 aromatic rings. The Bertz CT molecular complexity index is 1080. The number of H-pyrrole nitrogens is 1. The lowest BCUT2D eigenvalue weighted by Gasteiger charge is -2.36. The highest BCUT2D eigenvalue weighted by molar-refractivity contribution is 6.30. The number of aromatic nitrogens is 1. The van der Waals surface area contributed by atoms with Gasteiger partial charge in [-0.3, -0.25) is 9.69 Å². The largest absolute Gasteiger partial charge is 0.369 e. The Morgan fingerprint density at radius 3 is 2.38 bits per heavy atom. The number of hydrogen-bond donors (Lipinski definition) is 1. The van der Waals surface area contributed by atoms with E-state index < -0.39 is 0 Å². The summed E-state index contributed by atoms with van der Waals surface area (Å²) in [4.78, 5) is 20.5. The van der Waals surface area contributed by atoms with Crippen LogP contribution in [0.25, 0.3) is 10.9 Å². The molecule has 4 nitrogen and oxygen atoms in total. The zero-order valence-corrected chi connectivity index (χ0v) is 17.3. The molecule has 0 unspecified atom stereocenters. The highest BCUT2D eigenvalue weighted by Gasteiger charge is 2.19. The standard InChI is InChI=1S/C24H26ClN3O/c25-18-6-8-19(9-7-18)28-13-11-27(12-14-28)16-17-5-10-21-20-3-1-2-4-22(20)24(29)26-23(21)15-17/h5-10,15H,1-4,11-14,16H2,(H,26,29). The number of pyridine rings is 1. The van der Waals surface area contributed by atoms with Gasteiger partial charge >= 0.3 is 0 Å². The highest BCUT2D eigenvalue weighted by atomic mass is 35.5. The van der Waals surface area contributed by atoms with Crippen LogP contribution in [0.5, 0.6) is 0 Å². The summed E-state index contributed by atoms with van der Waals surface area (Å²) in [5, 5.41) is 2.01. The molecule has 2 heterocycles. The SMILES string of the molecule is O=c1[nH]c2cc(CN3CCN(c4ccc(Cl)cc4)CC3)ccc2c2c1CCCC2. The lowest BCUT2D eigenvalue weighted by molar-refractivity contribution is 0.250. The quantitative estimate of drug-likeness (QED) is 0.700. The summed E-state index contributed by atoms with van der Waals surface area (Å²) in [7, 11) is 0. The van der Waals surface area contributed by atoms with E-state index in [1.165, 1.54) is 28.6 Å². The van der Waals surface area contributed by atoms with Crippen LogP contribution in [-0.2, 0) is 19.4 Å². The molecular formula is C24H26ClN3O. The molecule has 0 amide bonds. The number of fused-ring (bicyclic) bond motifs is 3. The number of halogens is 1. The second-order valence-corrected chi connectivity index (χ2v) is 8.67. The summed E-state index contributed by atoms with van der Waals surface area (Å²) in [6, 6.07) is 14.7. The van der Waals surface area contributed by atoms with Gasteiger partial charge in [-0.05, 0) is 67.1 Å². The number of hydrogen-bond acceptors (Lipinski definition) is 3. The van der Waals surface area contributed by atoms with Gasteiger partial charge in [-0.1, -0.05) is 23.7 Å². The van der Waals surface area contributed by atoms with Gasteiger partial charge in [0.15, 0.2) is 0 Å². The average molecular weight is 408 g/mol. The van der Waals surface area contributed by atoms with Crippen LogP contribution < -0.4 is 10.5 Å². The normalized spacial score (nSPS) is 17.5. The van der Waals surface area contributed by atoms with Crippen molar-refractivity contribution in [2.45, 2.75) is 32.2 Å². The highest BCUT2D eigenvalue weighted by Crippen LogP contribution is 2.27. The van der Waals surface area contributed by atoms with Crippen LogP contribution in [0.15, 0.2) is 47.3 Å². The summed E-state index contributed by atoms with van der Waals surface area (Å²) in [5.74, 6) is 0. The van der Waals surface area contributed by atoms with Crippen molar-refractivity contribution in [1.82, 2.24) is 9.88 Å². The molecule has 0 spiro atoms. The van der Waals surface area contributed by atoms with E-state index in [9.17, 15) is 4.79 Å². The molecule has 0 bridgehead atoms. The van der Waals surface area contributed by atoms with Crippen LogP contribution in [0, 0.1) is 0 Å². The molecule has 1 fully saturated rings. The van der Waals surface area contributed by atoms with E-state index in [0.29, 0.717) is 0 Å². The molecule has 0 saturated carbocycles. The van der Waals surface area contributed by atoms with Crippen LogP contribution in [0.1, 0.15) is 29.5 Å². The molecule has 29 heavy (non-hydrogen) atoms. The predicted octanol–water partition coefficient (Wildman–Crippen LogP) is 4.38. The van der Waals surface area contributed by atoms with Crippen LogP contribution >= 0.6 is 11.6 Å². The number of nitrogens with one attached hydrogen (secondary N) is 1. The van der Waals surface area contributed by atoms with E-state index in [0.717, 1.165) is 68.1 Å². The molecule has 2 aromatic carbocycles. The summed E-state index contributed by atoms with van der Waals surface area (Å²) in [6.07, 6.45) is 4.26. The van der Waals surface area contributed by atoms with E-state index >= 15 is 0 Å². The number of nitrogens with zero attached hydrogens (tertiary/aromatic N) is 2. The van der Waals surface area contributed by atoms with Crippen LogP contribution in [0.4, 0.5) is 5.69 Å². The Kier molecular flexibility index (Phi) is 5.06. The van der Waals surface area contributed by atoms with Crippen LogP contribution in [0.3, 0.4) is 0 Å². The lowest BCUT2D eigenvalue weighted by Crippen LogP contribution is -2.45. The topological polar surface area (TPSA) is 39.3 Å². The fourth-order valence-corrected chi connectivity index (χ4v) is 4.91. The zero-order valence-electron chi connectivity index (χ0n) is 16.6. The van der Waals surface area contributed by atoms with Gasteiger partial charge in [-0.15, -0.1) is 0 Å². The second kappa shape index (κ2) is 7.85. The molecule has 1 aliphatic heterocycles. The van der Waals surface area contributed by atoms with Gasteiger partial charge in [0.05, 0.1) is 0 Å². The Morgan fingerprint density at radius 1 is 0.897 bits per heavy atom. The maximum Gasteiger partial charge on any atom is 0.251 e. The Labute approximate surface area is 176 Å². The third-order valence-electron chi connectivity index (χ3n) is 6.37. The van der Waals surface area contributed by atoms with Crippen molar-refractivity contribution in [3.8, 4) is 0 Å². The number of anilines is 1. The first kappa shape index (κ1) is 18.7. The van der Waals surface area contributed by atoms with Gasteiger partial charge in [-0.25, -0.2) is 0 Å². The average Bonchev–Trinajstić information content (AvgIpc) is 2.75. The molecule has 1 saturated heterocycles. The van der Waals surface area contributed by atoms with Crippen LogP contribution in [-0.4, -0.2) is 36.1 Å². The lowest BCUT2D eigenvalue weighted by atomic mass is 9.89. The molecule has 0 atom stereocenters. The van der Waals surface area contributed by atoms with Gasteiger partial charge in [0.25, 0.3) is 5.56 Å². The van der Waals surface area contributed by atoms with Crippen molar-refractivity contribution >= 4 is 28.2 Å². The molecule has 5 heteroatoms. The molecule has 5 rings (SSSR count). The van der Waals surface area contributed by atoms with Crippen molar-refractivity contribution in [2.24, 2.45) is 0 Å². The zero-order chi connectivity index (χ0) is 19.8. The summed E-state index contributed by atoms with van der Waals surface area (Å²) in [6.45, 7) is 5.01. The molecule has 0 radical (unpaired) electrons. The first-order valence-electron chi connectivity index (χ1n) is 10.6. The fraction of sp³-hybridized carbons (Fsp3) is 0.375. The fourth-order valence-electron chi connectivity index (χ4n) is 4.78. The molecule has 150 valence electrons. The summed E-state index contributed by atoms with van der Waals surface area (Å²) in [5.41, 5.74) is 5.90. The Balaban J connectivity index is 1.30. The third-order valence-corrected chi connectivity index (χ3v) is 6.62. The summed E-state index contributed by atoms with van der Waals surface area (Å²) < 4.78 is 0. The van der Waals surface area contributed by atoms with Crippen molar-refractivity contribution in [3.63, 3.8) is 0 Å². The number of aryl methyl sites for hydroxylation is 1. The van der Waals surface area contributed by atoms with E-state index in [4.69, 9.17) is 11.6 Å². The van der Waals surface area contributed by atoms with E-state index in [-0.39, 0.29) is 5.56 Å². The minimum absolute atomic E-state index is 0.112. The number of rotatable bonds is 3. The van der Waals surface area contributed by atoms with Gasteiger partial charge in [0.2, 0.25) is 0 Å².